The maximum atomic E-state index is 12.2. The van der Waals surface area contributed by atoms with Crippen molar-refractivity contribution in [3.63, 3.8) is 0 Å². The molecule has 2 unspecified atom stereocenters. The van der Waals surface area contributed by atoms with E-state index in [9.17, 15) is 4.79 Å². The Kier molecular flexibility index (Phi) is 5.80. The quantitative estimate of drug-likeness (QED) is 0.814. The van der Waals surface area contributed by atoms with Gasteiger partial charge in [0.1, 0.15) is 6.10 Å². The molecule has 2 N–H and O–H groups in total. The molecule has 2 atom stereocenters. The van der Waals surface area contributed by atoms with Gasteiger partial charge < -0.3 is 10.5 Å². The summed E-state index contributed by atoms with van der Waals surface area (Å²) in [5.74, 6) is 0.686. The van der Waals surface area contributed by atoms with Crippen LogP contribution in [0, 0.1) is 11.8 Å². The maximum absolute atomic E-state index is 12.2. The second-order valence-electron chi connectivity index (χ2n) is 6.50. The smallest absolute Gasteiger partial charge is 0.306 e. The number of esters is 1. The number of benzene rings is 1. The van der Waals surface area contributed by atoms with Gasteiger partial charge in [0.2, 0.25) is 0 Å². The molecule has 0 saturated heterocycles. The maximum Gasteiger partial charge on any atom is 0.306 e. The first kappa shape index (κ1) is 16.0. The molecule has 3 nitrogen and oxygen atoms in total. The van der Waals surface area contributed by atoms with Crippen LogP contribution < -0.4 is 5.73 Å². The highest BCUT2D eigenvalue weighted by Crippen LogP contribution is 2.33. The van der Waals surface area contributed by atoms with Crippen molar-refractivity contribution in [2.45, 2.75) is 52.1 Å². The van der Waals surface area contributed by atoms with E-state index in [0.29, 0.717) is 18.9 Å². The Balaban J connectivity index is 1.94. The third-order valence-corrected chi connectivity index (χ3v) is 4.18. The molecule has 0 bridgehead atoms. The predicted octanol–water partition coefficient (Wildman–Crippen LogP) is 3.62. The van der Waals surface area contributed by atoms with Crippen LogP contribution >= 0.6 is 0 Å². The standard InChI is InChI=1S/C18H27NO2/c1-13(2)10-14(12-19)11-18(20)21-17-9-5-7-15-6-3-4-8-16(15)17/h3-4,6,8,13-14,17H,5,7,9-12,19H2,1-2H3. The molecule has 0 aromatic heterocycles. The van der Waals surface area contributed by atoms with Crippen molar-refractivity contribution >= 4 is 5.97 Å². The van der Waals surface area contributed by atoms with Crippen molar-refractivity contribution in [2.24, 2.45) is 17.6 Å². The molecule has 116 valence electrons. The fourth-order valence-electron chi connectivity index (χ4n) is 3.20. The molecule has 3 heteroatoms. The minimum absolute atomic E-state index is 0.0695. The first-order chi connectivity index (χ1) is 10.1. The zero-order valence-electron chi connectivity index (χ0n) is 13.2. The van der Waals surface area contributed by atoms with Gasteiger partial charge in [-0.3, -0.25) is 4.79 Å². The minimum atomic E-state index is -0.104. The predicted molar refractivity (Wildman–Crippen MR) is 84.8 cm³/mol. The van der Waals surface area contributed by atoms with Gasteiger partial charge in [0.15, 0.2) is 0 Å². The van der Waals surface area contributed by atoms with Gasteiger partial charge in [-0.2, -0.15) is 0 Å². The third-order valence-electron chi connectivity index (χ3n) is 4.18. The molecule has 0 heterocycles. The van der Waals surface area contributed by atoms with E-state index < -0.39 is 0 Å². The zero-order valence-corrected chi connectivity index (χ0v) is 13.2. The fraction of sp³-hybridized carbons (Fsp3) is 0.611. The van der Waals surface area contributed by atoms with Gasteiger partial charge >= 0.3 is 5.97 Å². The summed E-state index contributed by atoms with van der Waals surface area (Å²) in [6.07, 6.45) is 4.45. The lowest BCUT2D eigenvalue weighted by Gasteiger charge is -2.26. The van der Waals surface area contributed by atoms with Crippen LogP contribution in [0.3, 0.4) is 0 Å². The summed E-state index contributed by atoms with van der Waals surface area (Å²) in [7, 11) is 0. The summed E-state index contributed by atoms with van der Waals surface area (Å²) < 4.78 is 5.74. The lowest BCUT2D eigenvalue weighted by Crippen LogP contribution is -2.23. The van der Waals surface area contributed by atoms with Gasteiger partial charge in [-0.05, 0) is 55.2 Å². The van der Waals surface area contributed by atoms with Crippen LogP contribution in [-0.4, -0.2) is 12.5 Å². The van der Waals surface area contributed by atoms with Gasteiger partial charge in [0.05, 0.1) is 0 Å². The lowest BCUT2D eigenvalue weighted by molar-refractivity contribution is -0.151. The molecule has 1 aliphatic rings. The van der Waals surface area contributed by atoms with Crippen molar-refractivity contribution in [3.8, 4) is 0 Å². The van der Waals surface area contributed by atoms with Crippen LogP contribution in [0.15, 0.2) is 24.3 Å². The molecule has 21 heavy (non-hydrogen) atoms. The van der Waals surface area contributed by atoms with E-state index >= 15 is 0 Å². The van der Waals surface area contributed by atoms with Crippen molar-refractivity contribution in [3.05, 3.63) is 35.4 Å². The normalized spacial score (nSPS) is 19.1. The first-order valence-electron chi connectivity index (χ1n) is 8.07. The van der Waals surface area contributed by atoms with E-state index in [1.165, 1.54) is 11.1 Å². The topological polar surface area (TPSA) is 52.3 Å². The number of aryl methyl sites for hydroxylation is 1. The lowest BCUT2D eigenvalue weighted by atomic mass is 9.89. The summed E-state index contributed by atoms with van der Waals surface area (Å²) in [4.78, 5) is 12.2. The molecular weight excluding hydrogens is 262 g/mol. The molecule has 1 aliphatic carbocycles. The van der Waals surface area contributed by atoms with E-state index in [1.54, 1.807) is 0 Å². The van der Waals surface area contributed by atoms with Crippen molar-refractivity contribution < 1.29 is 9.53 Å². The number of carbonyl (C=O) groups excluding carboxylic acids is 1. The first-order valence-corrected chi connectivity index (χ1v) is 8.07. The van der Waals surface area contributed by atoms with E-state index in [0.717, 1.165) is 25.7 Å². The minimum Gasteiger partial charge on any atom is -0.457 e. The van der Waals surface area contributed by atoms with Gasteiger partial charge in [-0.15, -0.1) is 0 Å². The van der Waals surface area contributed by atoms with Crippen LogP contribution in [0.2, 0.25) is 0 Å². The summed E-state index contributed by atoms with van der Waals surface area (Å²) >= 11 is 0. The summed E-state index contributed by atoms with van der Waals surface area (Å²) in [6, 6.07) is 8.29. The summed E-state index contributed by atoms with van der Waals surface area (Å²) in [5.41, 5.74) is 8.28. The highest BCUT2D eigenvalue weighted by Gasteiger charge is 2.24. The SMILES string of the molecule is CC(C)CC(CN)CC(=O)OC1CCCc2ccccc21. The average Bonchev–Trinajstić information content (AvgIpc) is 2.46. The van der Waals surface area contributed by atoms with E-state index in [4.69, 9.17) is 10.5 Å². The van der Waals surface area contributed by atoms with Crippen molar-refractivity contribution in [1.29, 1.82) is 0 Å². The van der Waals surface area contributed by atoms with Crippen molar-refractivity contribution in [1.82, 2.24) is 0 Å². The average molecular weight is 289 g/mol. The second-order valence-corrected chi connectivity index (χ2v) is 6.50. The number of carbonyl (C=O) groups is 1. The molecule has 1 aromatic rings. The van der Waals surface area contributed by atoms with Crippen LogP contribution in [0.4, 0.5) is 0 Å². The number of rotatable bonds is 6. The number of hydrogen-bond donors (Lipinski definition) is 1. The third kappa shape index (κ3) is 4.57. The van der Waals surface area contributed by atoms with Gasteiger partial charge in [-0.1, -0.05) is 38.1 Å². The Hall–Kier alpha value is -1.35. The Labute approximate surface area is 127 Å². The Bertz CT molecular complexity index is 470. The molecular formula is C18H27NO2. The monoisotopic (exact) mass is 289 g/mol. The summed E-state index contributed by atoms with van der Waals surface area (Å²) in [5, 5.41) is 0. The molecule has 0 spiro atoms. The van der Waals surface area contributed by atoms with Gasteiger partial charge in [-0.25, -0.2) is 0 Å². The number of fused-ring (bicyclic) bond motifs is 1. The van der Waals surface area contributed by atoms with Crippen molar-refractivity contribution in [2.75, 3.05) is 6.54 Å². The molecule has 2 rings (SSSR count). The Morgan fingerprint density at radius 2 is 2.14 bits per heavy atom. The van der Waals surface area contributed by atoms with Crippen LogP contribution in [0.5, 0.6) is 0 Å². The molecule has 1 aromatic carbocycles. The van der Waals surface area contributed by atoms with Gasteiger partial charge in [0.25, 0.3) is 0 Å². The van der Waals surface area contributed by atoms with Gasteiger partial charge in [0, 0.05) is 6.42 Å². The molecule has 0 fully saturated rings. The molecule has 0 amide bonds. The highest BCUT2D eigenvalue weighted by molar-refractivity contribution is 5.70. The number of hydrogen-bond acceptors (Lipinski definition) is 3. The molecule has 0 radical (unpaired) electrons. The Morgan fingerprint density at radius 3 is 2.86 bits per heavy atom. The molecule has 0 saturated carbocycles. The highest BCUT2D eigenvalue weighted by atomic mass is 16.5. The Morgan fingerprint density at radius 1 is 1.38 bits per heavy atom. The van der Waals surface area contributed by atoms with E-state index in [-0.39, 0.29) is 18.0 Å². The van der Waals surface area contributed by atoms with Crippen LogP contribution in [0.1, 0.15) is 56.8 Å². The number of nitrogens with two attached hydrogens (primary N) is 1. The largest absolute Gasteiger partial charge is 0.457 e. The van der Waals surface area contributed by atoms with Crippen LogP contribution in [-0.2, 0) is 16.0 Å². The number of ether oxygens (including phenoxy) is 1. The fourth-order valence-corrected chi connectivity index (χ4v) is 3.20. The summed E-state index contributed by atoms with van der Waals surface area (Å²) in [6.45, 7) is 4.87. The van der Waals surface area contributed by atoms with Crippen LogP contribution in [0.25, 0.3) is 0 Å². The van der Waals surface area contributed by atoms with E-state index in [1.807, 2.05) is 6.07 Å². The molecule has 0 aliphatic heterocycles. The zero-order chi connectivity index (χ0) is 15.2. The second kappa shape index (κ2) is 7.60. The van der Waals surface area contributed by atoms with E-state index in [2.05, 4.69) is 32.0 Å².